The molecule has 0 saturated heterocycles. The van der Waals surface area contributed by atoms with Gasteiger partial charge < -0.3 is 15.2 Å². The molecule has 27 heavy (non-hydrogen) atoms. The molecule has 138 valence electrons. The van der Waals surface area contributed by atoms with Crippen molar-refractivity contribution in [2.75, 3.05) is 13.1 Å². The van der Waals surface area contributed by atoms with E-state index in [1.807, 2.05) is 31.2 Å². The summed E-state index contributed by atoms with van der Waals surface area (Å²) in [6.07, 6.45) is 0. The van der Waals surface area contributed by atoms with E-state index in [1.54, 1.807) is 6.07 Å². The molecule has 0 aliphatic rings. The number of rotatable bonds is 6. The van der Waals surface area contributed by atoms with Gasteiger partial charge in [-0.2, -0.15) is 4.98 Å². The van der Waals surface area contributed by atoms with Gasteiger partial charge in [0.1, 0.15) is 5.82 Å². The lowest BCUT2D eigenvalue weighted by Gasteiger charge is -2.06. The number of carbonyl (C=O) groups excluding carboxylic acids is 2. The first-order valence-electron chi connectivity index (χ1n) is 8.26. The predicted octanol–water partition coefficient (Wildman–Crippen LogP) is 2.34. The van der Waals surface area contributed by atoms with E-state index in [0.717, 1.165) is 11.1 Å². The summed E-state index contributed by atoms with van der Waals surface area (Å²) in [5.41, 5.74) is 1.78. The smallest absolute Gasteiger partial charge is 0.316 e. The van der Waals surface area contributed by atoms with Gasteiger partial charge in [-0.25, -0.2) is 4.39 Å². The second-order valence-corrected chi connectivity index (χ2v) is 5.78. The van der Waals surface area contributed by atoms with Gasteiger partial charge in [0.15, 0.2) is 0 Å². The summed E-state index contributed by atoms with van der Waals surface area (Å²) in [6, 6.07) is 13.1. The maximum Gasteiger partial charge on any atom is 0.316 e. The van der Waals surface area contributed by atoms with Crippen molar-refractivity contribution >= 4 is 11.8 Å². The van der Waals surface area contributed by atoms with Crippen LogP contribution < -0.4 is 10.6 Å². The second kappa shape index (κ2) is 8.22. The van der Waals surface area contributed by atoms with Gasteiger partial charge in [0.05, 0.1) is 5.56 Å². The summed E-state index contributed by atoms with van der Waals surface area (Å²) in [5, 5.41) is 8.86. The molecule has 3 aromatic rings. The average molecular weight is 368 g/mol. The van der Waals surface area contributed by atoms with E-state index in [2.05, 4.69) is 20.8 Å². The Morgan fingerprint density at radius 1 is 1.00 bits per heavy atom. The van der Waals surface area contributed by atoms with Crippen LogP contribution in [0.15, 0.2) is 53.1 Å². The van der Waals surface area contributed by atoms with Crippen molar-refractivity contribution in [1.29, 1.82) is 0 Å². The van der Waals surface area contributed by atoms with Crippen LogP contribution in [0.25, 0.3) is 11.4 Å². The second-order valence-electron chi connectivity index (χ2n) is 5.78. The normalized spacial score (nSPS) is 10.4. The van der Waals surface area contributed by atoms with Crippen LogP contribution in [0.5, 0.6) is 0 Å². The van der Waals surface area contributed by atoms with Crippen molar-refractivity contribution in [2.24, 2.45) is 0 Å². The molecule has 3 rings (SSSR count). The molecule has 0 aliphatic heterocycles. The Morgan fingerprint density at radius 2 is 1.67 bits per heavy atom. The molecule has 2 amide bonds. The fourth-order valence-electron chi connectivity index (χ4n) is 2.30. The number of nitrogens with zero attached hydrogens (tertiary/aromatic N) is 2. The number of benzene rings is 2. The zero-order valence-electron chi connectivity index (χ0n) is 14.5. The molecule has 2 N–H and O–H groups in total. The maximum absolute atomic E-state index is 13.5. The van der Waals surface area contributed by atoms with Gasteiger partial charge in [-0.1, -0.05) is 47.1 Å². The van der Waals surface area contributed by atoms with Crippen molar-refractivity contribution in [1.82, 2.24) is 20.8 Å². The Hall–Kier alpha value is -3.55. The Labute approximate surface area is 154 Å². The molecule has 0 aliphatic carbocycles. The summed E-state index contributed by atoms with van der Waals surface area (Å²) in [5.74, 6) is -1.57. The van der Waals surface area contributed by atoms with Crippen LogP contribution >= 0.6 is 0 Å². The van der Waals surface area contributed by atoms with E-state index in [-0.39, 0.29) is 24.5 Å². The van der Waals surface area contributed by atoms with Crippen LogP contribution in [0.1, 0.15) is 26.6 Å². The van der Waals surface area contributed by atoms with Gasteiger partial charge in [0, 0.05) is 18.7 Å². The van der Waals surface area contributed by atoms with Crippen LogP contribution in [0.4, 0.5) is 4.39 Å². The molecule has 0 saturated carbocycles. The lowest BCUT2D eigenvalue weighted by molar-refractivity contribution is 0.0897. The number of hydrogen-bond donors (Lipinski definition) is 2. The lowest BCUT2D eigenvalue weighted by Crippen LogP contribution is -2.35. The highest BCUT2D eigenvalue weighted by molar-refractivity contribution is 5.94. The topological polar surface area (TPSA) is 97.1 Å². The monoisotopic (exact) mass is 368 g/mol. The molecular weight excluding hydrogens is 351 g/mol. The molecule has 8 heteroatoms. The molecule has 1 heterocycles. The lowest BCUT2D eigenvalue weighted by atomic mass is 10.1. The molecule has 0 radical (unpaired) electrons. The summed E-state index contributed by atoms with van der Waals surface area (Å²) in [4.78, 5) is 27.9. The molecule has 0 spiro atoms. The van der Waals surface area contributed by atoms with E-state index < -0.39 is 17.6 Å². The molecule has 0 atom stereocenters. The Kier molecular flexibility index (Phi) is 5.55. The van der Waals surface area contributed by atoms with E-state index in [9.17, 15) is 14.0 Å². The first-order chi connectivity index (χ1) is 13.0. The van der Waals surface area contributed by atoms with Crippen molar-refractivity contribution in [3.63, 3.8) is 0 Å². The van der Waals surface area contributed by atoms with Crippen LogP contribution in [-0.2, 0) is 0 Å². The van der Waals surface area contributed by atoms with Crippen LogP contribution in [0.3, 0.4) is 0 Å². The molecular formula is C19H17FN4O3. The van der Waals surface area contributed by atoms with E-state index in [1.165, 1.54) is 18.2 Å². The number of aromatic nitrogens is 2. The number of halogens is 1. The van der Waals surface area contributed by atoms with Crippen molar-refractivity contribution in [2.45, 2.75) is 6.92 Å². The molecule has 1 aromatic heterocycles. The van der Waals surface area contributed by atoms with Crippen LogP contribution in [-0.4, -0.2) is 35.0 Å². The largest absolute Gasteiger partial charge is 0.350 e. The fraction of sp³-hybridized carbons (Fsp3) is 0.158. The minimum Gasteiger partial charge on any atom is -0.350 e. The van der Waals surface area contributed by atoms with E-state index in [0.29, 0.717) is 5.82 Å². The zero-order valence-corrected chi connectivity index (χ0v) is 14.5. The summed E-state index contributed by atoms with van der Waals surface area (Å²) < 4.78 is 18.5. The highest BCUT2D eigenvalue weighted by Gasteiger charge is 2.16. The minimum absolute atomic E-state index is 0.0523. The average Bonchev–Trinajstić information content (AvgIpc) is 3.16. The number of carbonyl (C=O) groups is 2. The summed E-state index contributed by atoms with van der Waals surface area (Å²) >= 11 is 0. The summed E-state index contributed by atoms with van der Waals surface area (Å²) in [7, 11) is 0. The van der Waals surface area contributed by atoms with E-state index >= 15 is 0 Å². The third-order valence-corrected chi connectivity index (χ3v) is 3.74. The standard InChI is InChI=1S/C19H17FN4O3/c1-12-6-8-13(9-7-12)16-23-19(27-24-16)18(26)22-11-10-21-17(25)14-4-2-3-5-15(14)20/h2-9H,10-11H2,1H3,(H,21,25)(H,22,26). The molecule has 2 aromatic carbocycles. The molecule has 0 bridgehead atoms. The molecule has 0 unspecified atom stereocenters. The Morgan fingerprint density at radius 3 is 2.37 bits per heavy atom. The van der Waals surface area contributed by atoms with Gasteiger partial charge in [0.25, 0.3) is 5.91 Å². The van der Waals surface area contributed by atoms with Gasteiger partial charge in [-0.15, -0.1) is 0 Å². The number of hydrogen-bond acceptors (Lipinski definition) is 5. The van der Waals surface area contributed by atoms with Gasteiger partial charge in [-0.3, -0.25) is 9.59 Å². The van der Waals surface area contributed by atoms with Gasteiger partial charge in [0.2, 0.25) is 5.82 Å². The van der Waals surface area contributed by atoms with E-state index in [4.69, 9.17) is 4.52 Å². The highest BCUT2D eigenvalue weighted by Crippen LogP contribution is 2.16. The Bertz CT molecular complexity index is 954. The summed E-state index contributed by atoms with van der Waals surface area (Å²) in [6.45, 7) is 2.21. The SMILES string of the molecule is Cc1ccc(-c2noc(C(=O)NCCNC(=O)c3ccccc3F)n2)cc1. The maximum atomic E-state index is 13.5. The fourth-order valence-corrected chi connectivity index (χ4v) is 2.30. The molecule has 7 nitrogen and oxygen atoms in total. The van der Waals surface area contributed by atoms with Crippen molar-refractivity contribution in [3.05, 3.63) is 71.4 Å². The third-order valence-electron chi connectivity index (χ3n) is 3.74. The minimum atomic E-state index is -0.603. The van der Waals surface area contributed by atoms with Crippen molar-refractivity contribution in [3.8, 4) is 11.4 Å². The van der Waals surface area contributed by atoms with Gasteiger partial charge in [-0.05, 0) is 19.1 Å². The number of nitrogens with one attached hydrogen (secondary N) is 2. The Balaban J connectivity index is 1.49. The number of amides is 2. The van der Waals surface area contributed by atoms with Crippen LogP contribution in [0.2, 0.25) is 0 Å². The number of aryl methyl sites for hydroxylation is 1. The van der Waals surface area contributed by atoms with Crippen LogP contribution in [0, 0.1) is 12.7 Å². The third kappa shape index (κ3) is 4.55. The first-order valence-corrected chi connectivity index (χ1v) is 8.26. The zero-order chi connectivity index (χ0) is 19.2. The van der Waals surface area contributed by atoms with Gasteiger partial charge >= 0.3 is 11.8 Å². The molecule has 0 fully saturated rings. The highest BCUT2D eigenvalue weighted by atomic mass is 19.1. The quantitative estimate of drug-likeness (QED) is 0.651. The van der Waals surface area contributed by atoms with Crippen molar-refractivity contribution < 1.29 is 18.5 Å². The first kappa shape index (κ1) is 18.2. The predicted molar refractivity (Wildman–Crippen MR) is 95.5 cm³/mol.